The zero-order chi connectivity index (χ0) is 49.7. The second kappa shape index (κ2) is 17.7. The zero-order valence-electron chi connectivity index (χ0n) is 42.7. The Balaban J connectivity index is 0.979. The second-order valence-corrected chi connectivity index (χ2v) is 25.6. The number of nitrogens with one attached hydrogen (secondary N) is 3. The molecule has 5 N–H and O–H groups in total. The number of halogens is 1. The molecule has 7 aliphatic rings. The second-order valence-electron chi connectivity index (χ2n) is 25.2. The van der Waals surface area contributed by atoms with Crippen LogP contribution in [0.2, 0.25) is 5.02 Å². The summed E-state index contributed by atoms with van der Waals surface area (Å²) in [7, 11) is 0. The molecule has 8 rings (SSSR count). The number of carboxylic acid groups (broad SMARTS) is 1. The van der Waals surface area contributed by atoms with Gasteiger partial charge in [0.25, 0.3) is 5.91 Å². The molecule has 0 spiro atoms. The van der Waals surface area contributed by atoms with Gasteiger partial charge >= 0.3 is 11.9 Å². The maximum atomic E-state index is 14.3. The number of fused-ring (bicyclic) bond motifs is 7. The van der Waals surface area contributed by atoms with Gasteiger partial charge in [-0.3, -0.25) is 24.0 Å². The summed E-state index contributed by atoms with van der Waals surface area (Å²) in [5, 5.41) is 31.9. The minimum absolute atomic E-state index is 0.00586. The molecule has 13 heteroatoms. The van der Waals surface area contributed by atoms with Crippen molar-refractivity contribution in [1.82, 2.24) is 16.0 Å². The smallest absolute Gasteiger partial charge is 0.309 e. The number of amides is 2. The summed E-state index contributed by atoms with van der Waals surface area (Å²) in [6, 6.07) is 4.88. The number of ketones is 1. The van der Waals surface area contributed by atoms with E-state index in [0.29, 0.717) is 35.4 Å². The summed E-state index contributed by atoms with van der Waals surface area (Å²) in [5.74, 6) is -1.72. The van der Waals surface area contributed by atoms with Crippen LogP contribution in [0.5, 0.6) is 5.75 Å². The normalized spacial score (nSPS) is 36.8. The van der Waals surface area contributed by atoms with Crippen LogP contribution in [0, 0.1) is 68.0 Å². The molecule has 1 heterocycles. The van der Waals surface area contributed by atoms with Gasteiger partial charge in [0.2, 0.25) is 5.91 Å². The molecule has 6 fully saturated rings. The Kier molecular flexibility index (Phi) is 13.2. The average molecular weight is 963 g/mol. The van der Waals surface area contributed by atoms with Crippen molar-refractivity contribution in [2.75, 3.05) is 19.6 Å². The Morgan fingerprint density at radius 3 is 2.21 bits per heavy atom. The van der Waals surface area contributed by atoms with Crippen LogP contribution >= 0.6 is 11.6 Å². The van der Waals surface area contributed by atoms with Gasteiger partial charge in [-0.05, 0) is 167 Å². The SMILES string of the molecule is CC(C)C1=C2[C@H]3CC[C@@H]4[C@@]5(C)CC[C@H](OC(=O)[C@H]6C[C@@H](C(=O)O)C6(C)C)C(C)(C)[C@@H]5CC[C@@]4(C)[C@]3(C)CC[C@@]2([C@@H](O)CNC(=O)C(C)(C)NC(=O)c2ccc(Cl)cc2OC2CCNCC2)CC1=O. The number of aliphatic hydroxyl groups excluding tert-OH is 1. The van der Waals surface area contributed by atoms with Gasteiger partial charge in [-0.2, -0.15) is 0 Å². The number of benzene rings is 1. The monoisotopic (exact) mass is 962 g/mol. The number of carboxylic acids is 1. The predicted octanol–water partition coefficient (Wildman–Crippen LogP) is 9.10. The van der Waals surface area contributed by atoms with Gasteiger partial charge in [0.1, 0.15) is 23.5 Å². The number of aliphatic carboxylic acids is 1. The van der Waals surface area contributed by atoms with E-state index in [2.05, 4.69) is 64.4 Å². The molecule has 0 radical (unpaired) electrons. The minimum atomic E-state index is -1.35. The van der Waals surface area contributed by atoms with Gasteiger partial charge in [0.15, 0.2) is 5.78 Å². The first-order chi connectivity index (χ1) is 31.7. The van der Waals surface area contributed by atoms with Gasteiger partial charge < -0.3 is 35.6 Å². The van der Waals surface area contributed by atoms with E-state index in [1.54, 1.807) is 32.0 Å². The third-order valence-corrected chi connectivity index (χ3v) is 20.6. The summed E-state index contributed by atoms with van der Waals surface area (Å²) >= 11 is 6.34. The lowest BCUT2D eigenvalue weighted by Crippen LogP contribution is -2.66. The van der Waals surface area contributed by atoms with E-state index >= 15 is 0 Å². The first-order valence-corrected chi connectivity index (χ1v) is 26.2. The number of esters is 1. The van der Waals surface area contributed by atoms with Gasteiger partial charge in [-0.25, -0.2) is 0 Å². The Bertz CT molecular complexity index is 2250. The molecule has 0 aromatic heterocycles. The molecule has 2 amide bonds. The number of hydrogen-bond donors (Lipinski definition) is 5. The Hall–Kier alpha value is -3.48. The van der Waals surface area contributed by atoms with Gasteiger partial charge in [0.05, 0.1) is 23.5 Å². The van der Waals surface area contributed by atoms with Crippen molar-refractivity contribution in [2.45, 2.75) is 177 Å². The maximum Gasteiger partial charge on any atom is 0.309 e. The molecule has 5 saturated carbocycles. The molecular formula is C55H80ClN3O9. The van der Waals surface area contributed by atoms with Crippen molar-refractivity contribution in [1.29, 1.82) is 0 Å². The lowest BCUT2D eigenvalue weighted by Gasteiger charge is -2.72. The summed E-state index contributed by atoms with van der Waals surface area (Å²) in [6.45, 7) is 24.8. The topological polar surface area (TPSA) is 180 Å². The van der Waals surface area contributed by atoms with Crippen LogP contribution < -0.4 is 20.7 Å². The number of ether oxygens (including phenoxy) is 2. The number of carbonyl (C=O) groups excluding carboxylic acids is 4. The first-order valence-electron chi connectivity index (χ1n) is 25.8. The van der Waals surface area contributed by atoms with E-state index in [4.69, 9.17) is 21.1 Å². The molecule has 1 aromatic rings. The molecule has 0 unspecified atom stereocenters. The molecule has 1 aliphatic heterocycles. The highest BCUT2D eigenvalue weighted by atomic mass is 35.5. The number of aliphatic hydroxyl groups is 1. The van der Waals surface area contributed by atoms with E-state index in [0.717, 1.165) is 82.0 Å². The van der Waals surface area contributed by atoms with E-state index in [1.165, 1.54) is 0 Å². The van der Waals surface area contributed by atoms with Crippen LogP contribution in [0.25, 0.3) is 0 Å². The molecule has 12 nitrogen and oxygen atoms in total. The minimum Gasteiger partial charge on any atom is -0.489 e. The Labute approximate surface area is 409 Å². The fourth-order valence-corrected chi connectivity index (χ4v) is 16.3. The number of carbonyl (C=O) groups is 5. The van der Waals surface area contributed by atoms with Gasteiger partial charge in [0, 0.05) is 28.8 Å². The summed E-state index contributed by atoms with van der Waals surface area (Å²) < 4.78 is 12.7. The van der Waals surface area contributed by atoms with Crippen molar-refractivity contribution < 1.29 is 43.7 Å². The van der Waals surface area contributed by atoms with E-state index in [9.17, 15) is 34.2 Å². The highest BCUT2D eigenvalue weighted by Crippen LogP contribution is 2.77. The van der Waals surface area contributed by atoms with Crippen LogP contribution in [0.3, 0.4) is 0 Å². The molecule has 1 aromatic carbocycles. The van der Waals surface area contributed by atoms with Crippen LogP contribution in [-0.2, 0) is 23.9 Å². The highest BCUT2D eigenvalue weighted by Gasteiger charge is 2.71. The number of Topliss-reactive ketones (excluding diaryl/α,β-unsaturated/α-hetero) is 1. The summed E-state index contributed by atoms with van der Waals surface area (Å²) in [4.78, 5) is 67.7. The molecular weight excluding hydrogens is 882 g/mol. The van der Waals surface area contributed by atoms with Crippen LogP contribution in [-0.4, -0.2) is 83.2 Å². The zero-order valence-corrected chi connectivity index (χ0v) is 43.4. The fourth-order valence-electron chi connectivity index (χ4n) is 16.1. The van der Waals surface area contributed by atoms with Gasteiger partial charge in [-0.1, -0.05) is 79.5 Å². The number of rotatable bonds is 12. The Morgan fingerprint density at radius 2 is 1.56 bits per heavy atom. The fraction of sp³-hybridized carbons (Fsp3) is 0.764. The largest absolute Gasteiger partial charge is 0.489 e. The quantitative estimate of drug-likeness (QED) is 0.127. The first kappa shape index (κ1) is 50.9. The third kappa shape index (κ3) is 8.04. The molecule has 11 atom stereocenters. The third-order valence-electron chi connectivity index (χ3n) is 20.4. The average Bonchev–Trinajstić information content (AvgIpc) is 3.56. The predicted molar refractivity (Wildman–Crippen MR) is 261 cm³/mol. The molecule has 376 valence electrons. The van der Waals surface area contributed by atoms with E-state index in [-0.39, 0.29) is 76.0 Å². The van der Waals surface area contributed by atoms with Crippen LogP contribution in [0.4, 0.5) is 0 Å². The van der Waals surface area contributed by atoms with Crippen molar-refractivity contribution in [3.8, 4) is 5.75 Å². The van der Waals surface area contributed by atoms with Gasteiger partial charge in [-0.15, -0.1) is 0 Å². The van der Waals surface area contributed by atoms with E-state index < -0.39 is 52.1 Å². The lowest BCUT2D eigenvalue weighted by molar-refractivity contribution is -0.238. The van der Waals surface area contributed by atoms with Crippen molar-refractivity contribution in [3.63, 3.8) is 0 Å². The molecule has 68 heavy (non-hydrogen) atoms. The summed E-state index contributed by atoms with van der Waals surface area (Å²) in [5.41, 5.74) is -1.02. The molecule has 0 bridgehead atoms. The molecule has 1 saturated heterocycles. The van der Waals surface area contributed by atoms with Crippen LogP contribution in [0.15, 0.2) is 29.3 Å². The van der Waals surface area contributed by atoms with Crippen molar-refractivity contribution in [2.24, 2.45) is 68.0 Å². The number of allylic oxidation sites excluding steroid dienone is 1. The Morgan fingerprint density at radius 1 is 0.868 bits per heavy atom. The molecule has 6 aliphatic carbocycles. The lowest BCUT2D eigenvalue weighted by atomic mass is 9.33. The van der Waals surface area contributed by atoms with Crippen molar-refractivity contribution in [3.05, 3.63) is 39.9 Å². The number of hydrogen-bond acceptors (Lipinski definition) is 9. The maximum absolute atomic E-state index is 14.3. The highest BCUT2D eigenvalue weighted by molar-refractivity contribution is 6.30. The standard InChI is InChI=1S/C55H80ClN3O9/c1-30(2)43-37(60)28-55(41(61)29-58-48(66)51(7,8)59-45(62)33-13-12-31(56)26-38(33)67-32-18-24-57-25-19-32)23-22-53(10)34(44(43)55)14-15-40-52(9)20-17-42(50(5,6)39(52)16-21-54(40,53)11)68-47(65)36-27-35(46(63)64)49(36,3)4/h12-13,26,30,32,34-36,39-42,57,61H,14-25,27-29H2,1-11H3,(H,58,66)(H,59,62)(H,63,64)/t34-,35+,36-,39+,40-,41+,42+,52+,53-,54-,55+/m1/s1. The number of piperidine rings is 1. The summed E-state index contributed by atoms with van der Waals surface area (Å²) in [6.07, 6.45) is 7.92. The van der Waals surface area contributed by atoms with Crippen LogP contribution in [0.1, 0.15) is 164 Å². The van der Waals surface area contributed by atoms with E-state index in [1.807, 2.05) is 13.8 Å². The van der Waals surface area contributed by atoms with Crippen molar-refractivity contribution >= 4 is 41.1 Å².